The van der Waals surface area contributed by atoms with E-state index in [1.807, 2.05) is 25.1 Å². The van der Waals surface area contributed by atoms with E-state index in [0.29, 0.717) is 0 Å². The maximum Gasteiger partial charge on any atom is 0.142 e. The van der Waals surface area contributed by atoms with Crippen LogP contribution in [0.25, 0.3) is 0 Å². The Balaban J connectivity index is 0.000000165. The highest BCUT2D eigenvalue weighted by Crippen LogP contribution is 2.14. The van der Waals surface area contributed by atoms with Crippen molar-refractivity contribution in [3.8, 4) is 0 Å². The van der Waals surface area contributed by atoms with Crippen LogP contribution in [-0.4, -0.2) is 0 Å². The van der Waals surface area contributed by atoms with Crippen molar-refractivity contribution in [2.75, 3.05) is 0 Å². The lowest BCUT2D eigenvalue weighted by Gasteiger charge is -1.92. The Kier molecular flexibility index (Phi) is 5.00. The summed E-state index contributed by atoms with van der Waals surface area (Å²) in [5, 5.41) is 0.181. The number of rotatable bonds is 0. The normalized spacial score (nSPS) is 9.25. The van der Waals surface area contributed by atoms with Gasteiger partial charge in [0.1, 0.15) is 5.82 Å². The van der Waals surface area contributed by atoms with Gasteiger partial charge in [0.05, 0.1) is 5.02 Å². The van der Waals surface area contributed by atoms with Crippen molar-refractivity contribution in [1.82, 2.24) is 0 Å². The Bertz CT molecular complexity index is 438. The van der Waals surface area contributed by atoms with Gasteiger partial charge in [-0.2, -0.15) is 0 Å². The van der Waals surface area contributed by atoms with Crippen molar-refractivity contribution in [3.05, 3.63) is 70.5 Å². The Morgan fingerprint density at radius 3 is 1.88 bits per heavy atom. The Hall–Kier alpha value is -1.34. The van der Waals surface area contributed by atoms with Crippen molar-refractivity contribution in [2.24, 2.45) is 0 Å². The molecular weight excluding hydrogens is 223 g/mol. The van der Waals surface area contributed by atoms with Crippen molar-refractivity contribution < 1.29 is 4.39 Å². The van der Waals surface area contributed by atoms with Crippen LogP contribution in [0.4, 0.5) is 4.39 Å². The molecule has 2 aromatic rings. The van der Waals surface area contributed by atoms with E-state index in [2.05, 4.69) is 19.1 Å². The summed E-state index contributed by atoms with van der Waals surface area (Å²) in [4.78, 5) is 0. The lowest BCUT2D eigenvalue weighted by atomic mass is 10.2. The first-order valence-electron chi connectivity index (χ1n) is 5.03. The van der Waals surface area contributed by atoms with Crippen LogP contribution in [0.1, 0.15) is 11.1 Å². The van der Waals surface area contributed by atoms with Gasteiger partial charge in [0.2, 0.25) is 0 Å². The minimum absolute atomic E-state index is 0.181. The van der Waals surface area contributed by atoms with Gasteiger partial charge in [-0.3, -0.25) is 0 Å². The Morgan fingerprint density at radius 1 is 0.875 bits per heavy atom. The first-order valence-corrected chi connectivity index (χ1v) is 5.40. The van der Waals surface area contributed by atoms with Gasteiger partial charge in [-0.05, 0) is 31.5 Å². The average molecular weight is 237 g/mol. The number of benzene rings is 2. The summed E-state index contributed by atoms with van der Waals surface area (Å²) in [5.41, 5.74) is 2.21. The zero-order valence-electron chi connectivity index (χ0n) is 9.37. The van der Waals surface area contributed by atoms with Crippen LogP contribution in [-0.2, 0) is 0 Å². The summed E-state index contributed by atoms with van der Waals surface area (Å²) in [5.74, 6) is -0.350. The van der Waals surface area contributed by atoms with E-state index in [1.54, 1.807) is 12.1 Å². The summed E-state index contributed by atoms with van der Waals surface area (Å²) in [7, 11) is 0. The van der Waals surface area contributed by atoms with Gasteiger partial charge >= 0.3 is 0 Å². The maximum absolute atomic E-state index is 12.4. The smallest absolute Gasteiger partial charge is 0.142 e. The van der Waals surface area contributed by atoms with Gasteiger partial charge in [-0.1, -0.05) is 53.6 Å². The van der Waals surface area contributed by atoms with Crippen molar-refractivity contribution in [2.45, 2.75) is 13.8 Å². The fraction of sp³-hybridized carbons (Fsp3) is 0.143. The molecule has 0 N–H and O–H groups in total. The molecule has 0 aliphatic rings. The molecule has 0 bridgehead atoms. The molecule has 0 fully saturated rings. The first-order chi connectivity index (χ1) is 7.59. The van der Waals surface area contributed by atoms with Gasteiger partial charge in [-0.25, -0.2) is 4.39 Å². The van der Waals surface area contributed by atoms with Crippen LogP contribution in [0.5, 0.6) is 0 Å². The highest BCUT2D eigenvalue weighted by atomic mass is 35.5. The molecular formula is C14H14ClF. The second kappa shape index (κ2) is 6.29. The van der Waals surface area contributed by atoms with E-state index in [-0.39, 0.29) is 10.8 Å². The number of hydrogen-bond donors (Lipinski definition) is 0. The molecule has 2 heteroatoms. The van der Waals surface area contributed by atoms with E-state index in [4.69, 9.17) is 11.6 Å². The summed E-state index contributed by atoms with van der Waals surface area (Å²) < 4.78 is 12.4. The zero-order chi connectivity index (χ0) is 12.0. The third kappa shape index (κ3) is 4.45. The van der Waals surface area contributed by atoms with E-state index >= 15 is 0 Å². The Labute approximate surface area is 101 Å². The molecule has 0 radical (unpaired) electrons. The number of aryl methyl sites for hydroxylation is 2. The summed E-state index contributed by atoms with van der Waals surface area (Å²) in [6.07, 6.45) is 0. The molecule has 0 spiro atoms. The molecule has 0 aliphatic carbocycles. The predicted molar refractivity (Wildman–Crippen MR) is 67.3 cm³/mol. The molecule has 0 unspecified atom stereocenters. The molecule has 0 saturated carbocycles. The fourth-order valence-electron chi connectivity index (χ4n) is 1.14. The lowest BCUT2D eigenvalue weighted by Crippen LogP contribution is -1.76. The quantitative estimate of drug-likeness (QED) is 0.617. The third-order valence-corrected chi connectivity index (χ3v) is 2.32. The lowest BCUT2D eigenvalue weighted by molar-refractivity contribution is 0.627. The zero-order valence-corrected chi connectivity index (χ0v) is 10.1. The van der Waals surface area contributed by atoms with Gasteiger partial charge in [-0.15, -0.1) is 0 Å². The van der Waals surface area contributed by atoms with Crippen LogP contribution in [0.15, 0.2) is 48.5 Å². The molecule has 84 valence electrons. The van der Waals surface area contributed by atoms with Crippen LogP contribution < -0.4 is 0 Å². The molecule has 2 rings (SSSR count). The molecule has 0 saturated heterocycles. The highest BCUT2D eigenvalue weighted by Gasteiger charge is 1.95. The maximum atomic E-state index is 12.4. The minimum Gasteiger partial charge on any atom is -0.205 e. The average Bonchev–Trinajstić information content (AvgIpc) is 2.26. The fourth-order valence-corrected chi connectivity index (χ4v) is 1.25. The molecule has 0 aromatic heterocycles. The second-order valence-electron chi connectivity index (χ2n) is 3.57. The molecule has 16 heavy (non-hydrogen) atoms. The van der Waals surface area contributed by atoms with E-state index in [9.17, 15) is 4.39 Å². The van der Waals surface area contributed by atoms with E-state index in [1.165, 1.54) is 11.6 Å². The van der Waals surface area contributed by atoms with Gasteiger partial charge < -0.3 is 0 Å². The highest BCUT2D eigenvalue weighted by molar-refractivity contribution is 6.30. The van der Waals surface area contributed by atoms with Crippen molar-refractivity contribution in [1.29, 1.82) is 0 Å². The molecule has 0 heterocycles. The van der Waals surface area contributed by atoms with Crippen LogP contribution in [0.2, 0.25) is 5.02 Å². The molecule has 0 amide bonds. The largest absolute Gasteiger partial charge is 0.205 e. The van der Waals surface area contributed by atoms with Gasteiger partial charge in [0.15, 0.2) is 0 Å². The molecule has 2 aromatic carbocycles. The van der Waals surface area contributed by atoms with Crippen LogP contribution >= 0.6 is 11.6 Å². The van der Waals surface area contributed by atoms with Gasteiger partial charge in [0.25, 0.3) is 0 Å². The molecule has 0 atom stereocenters. The van der Waals surface area contributed by atoms with Crippen molar-refractivity contribution in [3.63, 3.8) is 0 Å². The van der Waals surface area contributed by atoms with E-state index < -0.39 is 0 Å². The number of hydrogen-bond acceptors (Lipinski definition) is 0. The Morgan fingerprint density at radius 2 is 1.50 bits per heavy atom. The second-order valence-corrected chi connectivity index (χ2v) is 3.98. The monoisotopic (exact) mass is 236 g/mol. The van der Waals surface area contributed by atoms with Crippen LogP contribution in [0, 0.1) is 19.7 Å². The van der Waals surface area contributed by atoms with Gasteiger partial charge in [0, 0.05) is 0 Å². The molecule has 0 aliphatic heterocycles. The third-order valence-electron chi connectivity index (χ3n) is 2.02. The van der Waals surface area contributed by atoms with E-state index in [0.717, 1.165) is 5.56 Å². The standard InChI is InChI=1S/C7H6ClF.C7H8/c1-5-2-3-6(8)7(9)4-5;1-7-5-3-2-4-6-7/h2-4H,1H3;2-6H,1H3. The summed E-state index contributed by atoms with van der Waals surface area (Å²) >= 11 is 5.41. The van der Waals surface area contributed by atoms with Crippen LogP contribution in [0.3, 0.4) is 0 Å². The SMILES string of the molecule is Cc1ccc(Cl)c(F)c1.Cc1ccccc1. The summed E-state index contributed by atoms with van der Waals surface area (Å²) in [6, 6.07) is 15.0. The summed E-state index contributed by atoms with van der Waals surface area (Å²) in [6.45, 7) is 3.90. The minimum atomic E-state index is -0.350. The first kappa shape index (κ1) is 12.7. The predicted octanol–water partition coefficient (Wildman–Crippen LogP) is 4.78. The number of halogens is 2. The topological polar surface area (TPSA) is 0 Å². The molecule has 0 nitrogen and oxygen atoms in total. The van der Waals surface area contributed by atoms with Crippen molar-refractivity contribution >= 4 is 11.6 Å².